The SMILES string of the molecule is C[C@H]1CCCN([C@@H](C)C(=O)NCc2cccs2)C1. The molecular formula is C14H22N2OS. The van der Waals surface area contributed by atoms with Crippen LogP contribution in [-0.2, 0) is 11.3 Å². The minimum absolute atomic E-state index is 0.00675. The standard InChI is InChI=1S/C14H22N2OS/c1-11-5-3-7-16(10-11)12(2)14(17)15-9-13-6-4-8-18-13/h4,6,8,11-12H,3,5,7,9-10H2,1-2H3,(H,15,17)/t11-,12-/m0/s1. The molecule has 0 spiro atoms. The van der Waals surface area contributed by atoms with E-state index in [1.165, 1.54) is 17.7 Å². The summed E-state index contributed by atoms with van der Waals surface area (Å²) in [6.07, 6.45) is 2.50. The Morgan fingerprint density at radius 2 is 2.50 bits per heavy atom. The summed E-state index contributed by atoms with van der Waals surface area (Å²) in [7, 11) is 0. The molecule has 3 nitrogen and oxygen atoms in total. The molecule has 0 aliphatic carbocycles. The predicted molar refractivity (Wildman–Crippen MR) is 75.6 cm³/mol. The van der Waals surface area contributed by atoms with E-state index < -0.39 is 0 Å². The number of nitrogens with zero attached hydrogens (tertiary/aromatic N) is 1. The molecule has 1 amide bonds. The maximum atomic E-state index is 12.1. The number of thiophene rings is 1. The van der Waals surface area contributed by atoms with Gasteiger partial charge in [0.1, 0.15) is 0 Å². The van der Waals surface area contributed by atoms with Gasteiger partial charge in [0.05, 0.1) is 12.6 Å². The molecule has 0 bridgehead atoms. The zero-order valence-corrected chi connectivity index (χ0v) is 12.0. The smallest absolute Gasteiger partial charge is 0.237 e. The molecule has 1 fully saturated rings. The van der Waals surface area contributed by atoms with Crippen molar-refractivity contribution in [1.82, 2.24) is 10.2 Å². The lowest BCUT2D eigenvalue weighted by Gasteiger charge is -2.34. The third-order valence-corrected chi connectivity index (χ3v) is 4.51. The van der Waals surface area contributed by atoms with Gasteiger partial charge in [-0.15, -0.1) is 11.3 Å². The fourth-order valence-corrected chi connectivity index (χ4v) is 3.12. The zero-order chi connectivity index (χ0) is 13.0. The van der Waals surface area contributed by atoms with Crippen LogP contribution in [0.1, 0.15) is 31.6 Å². The average molecular weight is 266 g/mol. The summed E-state index contributed by atoms with van der Waals surface area (Å²) >= 11 is 1.68. The zero-order valence-electron chi connectivity index (χ0n) is 11.2. The predicted octanol–water partition coefficient (Wildman–Crippen LogP) is 2.48. The number of likely N-dealkylation sites (tertiary alicyclic amines) is 1. The highest BCUT2D eigenvalue weighted by atomic mass is 32.1. The summed E-state index contributed by atoms with van der Waals surface area (Å²) in [5.41, 5.74) is 0. The van der Waals surface area contributed by atoms with Crippen molar-refractivity contribution in [3.63, 3.8) is 0 Å². The Bertz CT molecular complexity index is 377. The van der Waals surface area contributed by atoms with Crippen LogP contribution in [0.2, 0.25) is 0 Å². The quantitative estimate of drug-likeness (QED) is 0.908. The van der Waals surface area contributed by atoms with Crippen LogP contribution >= 0.6 is 11.3 Å². The molecule has 1 aliphatic heterocycles. The monoisotopic (exact) mass is 266 g/mol. The van der Waals surface area contributed by atoms with Crippen LogP contribution in [-0.4, -0.2) is 29.9 Å². The lowest BCUT2D eigenvalue weighted by molar-refractivity contribution is -0.126. The van der Waals surface area contributed by atoms with Crippen molar-refractivity contribution < 1.29 is 4.79 Å². The number of carbonyl (C=O) groups is 1. The van der Waals surface area contributed by atoms with Crippen LogP contribution < -0.4 is 5.32 Å². The number of hydrogen-bond acceptors (Lipinski definition) is 3. The van der Waals surface area contributed by atoms with Gasteiger partial charge in [0.15, 0.2) is 0 Å². The van der Waals surface area contributed by atoms with Crippen molar-refractivity contribution in [3.8, 4) is 0 Å². The van der Waals surface area contributed by atoms with Crippen LogP contribution in [0.25, 0.3) is 0 Å². The maximum Gasteiger partial charge on any atom is 0.237 e. The average Bonchev–Trinajstić information content (AvgIpc) is 2.88. The molecule has 0 aromatic carbocycles. The van der Waals surface area contributed by atoms with Crippen molar-refractivity contribution in [3.05, 3.63) is 22.4 Å². The third kappa shape index (κ3) is 3.56. The Morgan fingerprint density at radius 1 is 1.67 bits per heavy atom. The largest absolute Gasteiger partial charge is 0.350 e. The van der Waals surface area contributed by atoms with Crippen LogP contribution in [0.4, 0.5) is 0 Å². The molecule has 1 aliphatic rings. The van der Waals surface area contributed by atoms with Gasteiger partial charge in [0.25, 0.3) is 0 Å². The van der Waals surface area contributed by atoms with E-state index in [4.69, 9.17) is 0 Å². The van der Waals surface area contributed by atoms with Gasteiger partial charge in [-0.1, -0.05) is 13.0 Å². The molecule has 0 radical (unpaired) electrons. The summed E-state index contributed by atoms with van der Waals surface area (Å²) in [5, 5.41) is 5.07. The number of rotatable bonds is 4. The molecule has 1 aromatic heterocycles. The van der Waals surface area contributed by atoms with E-state index in [1.54, 1.807) is 11.3 Å². The molecule has 0 unspecified atom stereocenters. The maximum absolute atomic E-state index is 12.1. The van der Waals surface area contributed by atoms with E-state index >= 15 is 0 Å². The molecule has 2 heterocycles. The Hall–Kier alpha value is -0.870. The van der Waals surface area contributed by atoms with E-state index in [9.17, 15) is 4.79 Å². The number of hydrogen-bond donors (Lipinski definition) is 1. The molecule has 2 rings (SSSR count). The minimum Gasteiger partial charge on any atom is -0.350 e. The highest BCUT2D eigenvalue weighted by molar-refractivity contribution is 7.09. The van der Waals surface area contributed by atoms with E-state index in [2.05, 4.69) is 23.2 Å². The number of piperidine rings is 1. The highest BCUT2D eigenvalue weighted by Gasteiger charge is 2.25. The van der Waals surface area contributed by atoms with Gasteiger partial charge >= 0.3 is 0 Å². The molecule has 18 heavy (non-hydrogen) atoms. The lowest BCUT2D eigenvalue weighted by atomic mass is 9.99. The number of carbonyl (C=O) groups excluding carboxylic acids is 1. The molecule has 2 atom stereocenters. The number of nitrogens with one attached hydrogen (secondary N) is 1. The van der Waals surface area contributed by atoms with Crippen molar-refractivity contribution in [2.75, 3.05) is 13.1 Å². The van der Waals surface area contributed by atoms with E-state index in [0.717, 1.165) is 13.1 Å². The second kappa shape index (κ2) is 6.34. The molecular weight excluding hydrogens is 244 g/mol. The summed E-state index contributed by atoms with van der Waals surface area (Å²) in [6, 6.07) is 4.06. The highest BCUT2D eigenvalue weighted by Crippen LogP contribution is 2.17. The summed E-state index contributed by atoms with van der Waals surface area (Å²) in [6.45, 7) is 7.04. The number of amides is 1. The van der Waals surface area contributed by atoms with Crippen LogP contribution in [0, 0.1) is 5.92 Å². The van der Waals surface area contributed by atoms with Crippen molar-refractivity contribution in [2.24, 2.45) is 5.92 Å². The molecule has 1 aromatic rings. The van der Waals surface area contributed by atoms with Gasteiger partial charge in [0.2, 0.25) is 5.91 Å². The van der Waals surface area contributed by atoms with Crippen molar-refractivity contribution in [1.29, 1.82) is 0 Å². The van der Waals surface area contributed by atoms with E-state index in [-0.39, 0.29) is 11.9 Å². The third-order valence-electron chi connectivity index (χ3n) is 3.63. The van der Waals surface area contributed by atoms with Gasteiger partial charge in [-0.3, -0.25) is 9.69 Å². The normalized spacial score (nSPS) is 22.7. The second-order valence-electron chi connectivity index (χ2n) is 5.22. The minimum atomic E-state index is -0.00675. The molecule has 1 saturated heterocycles. The van der Waals surface area contributed by atoms with Gasteiger partial charge in [0, 0.05) is 11.4 Å². The Labute approximate surface area is 113 Å². The first-order valence-corrected chi connectivity index (χ1v) is 7.59. The topological polar surface area (TPSA) is 32.3 Å². The fraction of sp³-hybridized carbons (Fsp3) is 0.643. The lowest BCUT2D eigenvalue weighted by Crippen LogP contribution is -2.48. The first kappa shape index (κ1) is 13.6. The van der Waals surface area contributed by atoms with Gasteiger partial charge in [-0.2, -0.15) is 0 Å². The van der Waals surface area contributed by atoms with Crippen LogP contribution in [0.5, 0.6) is 0 Å². The van der Waals surface area contributed by atoms with Gasteiger partial charge < -0.3 is 5.32 Å². The second-order valence-corrected chi connectivity index (χ2v) is 6.25. The van der Waals surface area contributed by atoms with Crippen molar-refractivity contribution >= 4 is 17.2 Å². The van der Waals surface area contributed by atoms with Crippen molar-refractivity contribution in [2.45, 2.75) is 39.3 Å². The van der Waals surface area contributed by atoms with Gasteiger partial charge in [-0.25, -0.2) is 0 Å². The Balaban J connectivity index is 1.80. The molecule has 0 saturated carbocycles. The summed E-state index contributed by atoms with van der Waals surface area (Å²) in [5.74, 6) is 0.865. The molecule has 1 N–H and O–H groups in total. The van der Waals surface area contributed by atoms with Crippen LogP contribution in [0.15, 0.2) is 17.5 Å². The molecule has 4 heteroatoms. The Morgan fingerprint density at radius 3 is 3.17 bits per heavy atom. The van der Waals surface area contributed by atoms with Gasteiger partial charge in [-0.05, 0) is 43.7 Å². The first-order valence-electron chi connectivity index (χ1n) is 6.71. The molecule has 100 valence electrons. The summed E-state index contributed by atoms with van der Waals surface area (Å²) < 4.78 is 0. The van der Waals surface area contributed by atoms with Crippen LogP contribution in [0.3, 0.4) is 0 Å². The van der Waals surface area contributed by atoms with E-state index in [0.29, 0.717) is 12.5 Å². The Kier molecular flexibility index (Phi) is 4.78. The first-order chi connectivity index (χ1) is 8.66. The summed E-state index contributed by atoms with van der Waals surface area (Å²) in [4.78, 5) is 15.6. The fourth-order valence-electron chi connectivity index (χ4n) is 2.48. The van der Waals surface area contributed by atoms with E-state index in [1.807, 2.05) is 18.4 Å².